The number of benzene rings is 1. The molecule has 0 atom stereocenters. The molecule has 8 nitrogen and oxygen atoms in total. The number of rotatable bonds is 8. The number of halogens is 1. The number of thioether (sulfide) groups is 1. The monoisotopic (exact) mass is 478 g/mol. The number of amides is 1. The van der Waals surface area contributed by atoms with Gasteiger partial charge in [-0.1, -0.05) is 23.4 Å². The van der Waals surface area contributed by atoms with Gasteiger partial charge in [-0.05, 0) is 37.5 Å². The Morgan fingerprint density at radius 2 is 2.09 bits per heavy atom. The molecular formula is C22H27ClN4O4S. The molecule has 1 aliphatic carbocycles. The Balaban J connectivity index is 1.42. The second-order valence-electron chi connectivity index (χ2n) is 7.77. The minimum absolute atomic E-state index is 0.145. The Kier molecular flexibility index (Phi) is 7.72. The molecule has 1 aromatic heterocycles. The Morgan fingerprint density at radius 1 is 1.28 bits per heavy atom. The molecule has 0 saturated carbocycles. The summed E-state index contributed by atoms with van der Waals surface area (Å²) in [5.74, 6) is 0.474. The molecule has 1 aromatic carbocycles. The molecule has 0 radical (unpaired) electrons. The van der Waals surface area contributed by atoms with Crippen LogP contribution >= 0.6 is 23.4 Å². The van der Waals surface area contributed by atoms with Gasteiger partial charge in [0.2, 0.25) is 5.91 Å². The fraction of sp³-hybridized carbons (Fsp3) is 0.500. The topological polar surface area (TPSA) is 85.7 Å². The molecule has 0 bridgehead atoms. The van der Waals surface area contributed by atoms with Gasteiger partial charge in [0.25, 0.3) is 0 Å². The van der Waals surface area contributed by atoms with Crippen molar-refractivity contribution in [2.24, 2.45) is 0 Å². The minimum Gasteiger partial charge on any atom is -0.495 e. The zero-order valence-electron chi connectivity index (χ0n) is 18.1. The van der Waals surface area contributed by atoms with Gasteiger partial charge in [0.15, 0.2) is 0 Å². The van der Waals surface area contributed by atoms with Gasteiger partial charge >= 0.3 is 5.69 Å². The first-order valence-corrected chi connectivity index (χ1v) is 12.1. The summed E-state index contributed by atoms with van der Waals surface area (Å²) in [6.07, 6.45) is 2.75. The highest BCUT2D eigenvalue weighted by Crippen LogP contribution is 2.30. The van der Waals surface area contributed by atoms with E-state index in [-0.39, 0.29) is 17.3 Å². The zero-order valence-corrected chi connectivity index (χ0v) is 19.6. The van der Waals surface area contributed by atoms with Crippen LogP contribution in [0.25, 0.3) is 0 Å². The Bertz CT molecular complexity index is 1040. The molecule has 1 aliphatic heterocycles. The van der Waals surface area contributed by atoms with Gasteiger partial charge in [-0.15, -0.1) is 0 Å². The van der Waals surface area contributed by atoms with Crippen molar-refractivity contribution >= 4 is 35.0 Å². The van der Waals surface area contributed by atoms with Crippen LogP contribution in [0.1, 0.15) is 17.7 Å². The van der Waals surface area contributed by atoms with Crippen molar-refractivity contribution in [3.8, 4) is 5.75 Å². The minimum atomic E-state index is -0.238. The molecule has 0 unspecified atom stereocenters. The maximum Gasteiger partial charge on any atom is 0.348 e. The fourth-order valence-electron chi connectivity index (χ4n) is 4.10. The lowest BCUT2D eigenvalue weighted by Gasteiger charge is -2.27. The van der Waals surface area contributed by atoms with Crippen LogP contribution in [0.4, 0.5) is 5.69 Å². The number of carbonyl (C=O) groups is 1. The van der Waals surface area contributed by atoms with Gasteiger partial charge in [0, 0.05) is 42.5 Å². The van der Waals surface area contributed by atoms with Crippen molar-refractivity contribution in [1.82, 2.24) is 14.5 Å². The summed E-state index contributed by atoms with van der Waals surface area (Å²) in [5.41, 5.74) is 2.45. The third-order valence-electron chi connectivity index (χ3n) is 5.72. The standard InChI is InChI=1S/C22H27ClN4O4S/c1-30-19-6-5-15(23)13-17(19)24-20(28)14-32-21-16-3-2-4-18(16)27(22(29)25-21)8-7-26-9-11-31-12-10-26/h5-6,13H,2-4,7-12,14H2,1H3,(H,24,28). The third kappa shape index (κ3) is 5.46. The van der Waals surface area contributed by atoms with Gasteiger partial charge in [-0.25, -0.2) is 4.79 Å². The summed E-state index contributed by atoms with van der Waals surface area (Å²) in [6.45, 7) is 4.71. The van der Waals surface area contributed by atoms with Crippen molar-refractivity contribution < 1.29 is 14.3 Å². The van der Waals surface area contributed by atoms with Crippen LogP contribution in [0.2, 0.25) is 5.02 Å². The SMILES string of the molecule is COc1ccc(Cl)cc1NC(=O)CSc1nc(=O)n(CCN2CCOCC2)c2c1CCC2. The normalized spacial score (nSPS) is 16.1. The lowest BCUT2D eigenvalue weighted by Crippen LogP contribution is -2.40. The predicted octanol–water partition coefficient (Wildman–Crippen LogP) is 2.46. The molecular weight excluding hydrogens is 452 g/mol. The van der Waals surface area contributed by atoms with E-state index < -0.39 is 0 Å². The van der Waals surface area contributed by atoms with E-state index in [0.29, 0.717) is 28.0 Å². The molecule has 1 saturated heterocycles. The highest BCUT2D eigenvalue weighted by atomic mass is 35.5. The predicted molar refractivity (Wildman–Crippen MR) is 125 cm³/mol. The number of aromatic nitrogens is 2. The second kappa shape index (κ2) is 10.7. The molecule has 2 aromatic rings. The average Bonchev–Trinajstić information content (AvgIpc) is 3.28. The molecule has 2 aliphatic rings. The molecule has 1 fully saturated rings. The molecule has 4 rings (SSSR count). The first-order chi connectivity index (χ1) is 15.5. The van der Waals surface area contributed by atoms with E-state index in [4.69, 9.17) is 21.1 Å². The van der Waals surface area contributed by atoms with Crippen molar-refractivity contribution in [2.75, 3.05) is 51.0 Å². The van der Waals surface area contributed by atoms with Gasteiger partial charge in [-0.3, -0.25) is 14.3 Å². The Labute approximate surface area is 196 Å². The number of carbonyl (C=O) groups excluding carboxylic acids is 1. The molecule has 1 amide bonds. The first-order valence-electron chi connectivity index (χ1n) is 10.7. The number of nitrogens with one attached hydrogen (secondary N) is 1. The number of morpholine rings is 1. The van der Waals surface area contributed by atoms with E-state index in [1.165, 1.54) is 18.9 Å². The summed E-state index contributed by atoms with van der Waals surface area (Å²) in [7, 11) is 1.54. The van der Waals surface area contributed by atoms with Crippen LogP contribution in [0.15, 0.2) is 28.0 Å². The second-order valence-corrected chi connectivity index (χ2v) is 9.17. The summed E-state index contributed by atoms with van der Waals surface area (Å²) < 4.78 is 12.5. The van der Waals surface area contributed by atoms with E-state index in [2.05, 4.69) is 15.2 Å². The zero-order chi connectivity index (χ0) is 22.5. The number of fused-ring (bicyclic) bond motifs is 1. The number of ether oxygens (including phenoxy) is 2. The highest BCUT2D eigenvalue weighted by Gasteiger charge is 2.23. The van der Waals surface area contributed by atoms with Gasteiger partial charge in [0.05, 0.1) is 31.8 Å². The van der Waals surface area contributed by atoms with E-state index in [0.717, 1.165) is 63.4 Å². The smallest absolute Gasteiger partial charge is 0.348 e. The average molecular weight is 479 g/mol. The Hall–Kier alpha value is -2.07. The molecule has 0 spiro atoms. The summed E-state index contributed by atoms with van der Waals surface area (Å²) in [5, 5.41) is 4.00. The van der Waals surface area contributed by atoms with Crippen LogP contribution in [-0.4, -0.2) is 66.1 Å². The van der Waals surface area contributed by atoms with E-state index in [1.807, 2.05) is 4.57 Å². The number of nitrogens with zero attached hydrogens (tertiary/aromatic N) is 3. The number of anilines is 1. The molecule has 1 N–H and O–H groups in total. The maximum absolute atomic E-state index is 12.8. The quantitative estimate of drug-likeness (QED) is 0.460. The summed E-state index contributed by atoms with van der Waals surface area (Å²) >= 11 is 7.34. The molecule has 32 heavy (non-hydrogen) atoms. The molecule has 10 heteroatoms. The third-order valence-corrected chi connectivity index (χ3v) is 6.97. The van der Waals surface area contributed by atoms with Gasteiger partial charge in [0.1, 0.15) is 10.8 Å². The van der Waals surface area contributed by atoms with Gasteiger partial charge < -0.3 is 14.8 Å². The summed E-state index contributed by atoms with van der Waals surface area (Å²) in [6, 6.07) is 5.05. The van der Waals surface area contributed by atoms with Crippen molar-refractivity contribution in [1.29, 1.82) is 0 Å². The number of hydrogen-bond donors (Lipinski definition) is 1. The number of methoxy groups -OCH3 is 1. The van der Waals surface area contributed by atoms with E-state index >= 15 is 0 Å². The van der Waals surface area contributed by atoms with Crippen LogP contribution in [0, 0.1) is 0 Å². The van der Waals surface area contributed by atoms with Gasteiger partial charge in [-0.2, -0.15) is 4.98 Å². The lowest BCUT2D eigenvalue weighted by molar-refractivity contribution is -0.113. The molecule has 2 heterocycles. The molecule has 172 valence electrons. The summed E-state index contributed by atoms with van der Waals surface area (Å²) in [4.78, 5) is 32.0. The van der Waals surface area contributed by atoms with E-state index in [9.17, 15) is 9.59 Å². The maximum atomic E-state index is 12.8. The van der Waals surface area contributed by atoms with Crippen LogP contribution < -0.4 is 15.7 Å². The van der Waals surface area contributed by atoms with Crippen LogP contribution in [0.5, 0.6) is 5.75 Å². The van der Waals surface area contributed by atoms with Crippen molar-refractivity contribution in [2.45, 2.75) is 30.8 Å². The fourth-order valence-corrected chi connectivity index (χ4v) is 5.15. The lowest BCUT2D eigenvalue weighted by atomic mass is 10.2. The van der Waals surface area contributed by atoms with Crippen molar-refractivity contribution in [3.05, 3.63) is 45.0 Å². The largest absolute Gasteiger partial charge is 0.495 e. The van der Waals surface area contributed by atoms with Crippen LogP contribution in [-0.2, 0) is 28.9 Å². The number of hydrogen-bond acceptors (Lipinski definition) is 7. The van der Waals surface area contributed by atoms with Crippen LogP contribution in [0.3, 0.4) is 0 Å². The Morgan fingerprint density at radius 3 is 2.88 bits per heavy atom. The van der Waals surface area contributed by atoms with Crippen molar-refractivity contribution in [3.63, 3.8) is 0 Å². The highest BCUT2D eigenvalue weighted by molar-refractivity contribution is 8.00. The van der Waals surface area contributed by atoms with E-state index in [1.54, 1.807) is 18.2 Å². The first kappa shape index (κ1) is 23.1.